The molecule has 9 amide bonds. The molecule has 0 aliphatic rings. The predicted molar refractivity (Wildman–Crippen MR) is 294 cm³/mol. The Kier molecular flexibility index (Phi) is 28.2. The molecule has 17 N–H and O–H groups in total. The van der Waals surface area contributed by atoms with Crippen LogP contribution < -0.4 is 53.6 Å². The molecule has 0 saturated carbocycles. The molecule has 0 bridgehead atoms. The lowest BCUT2D eigenvalue weighted by molar-refractivity contribution is -0.144. The minimum absolute atomic E-state index is 0.0340. The van der Waals surface area contributed by atoms with Crippen LogP contribution in [0.25, 0.3) is 0 Å². The summed E-state index contributed by atoms with van der Waals surface area (Å²) in [7, 11) is 0. The van der Waals surface area contributed by atoms with Crippen molar-refractivity contribution in [3.63, 3.8) is 0 Å². The number of phenolic OH excluding ortho intramolecular Hbond substituents is 1. The number of carboxylic acid groups (broad SMARTS) is 3. The standard InChI is InChI=1S/C55H74N10O18/c1-5-29(3)45(64-50(77)37(22-32-15-11-8-12-16-32)59-52(79)40(27-66)62-47(74)35(57-42(69)26-56)21-31-13-9-7-10-14-31)53(80)61-38(24-43(70)71)49(76)58-36(23-33-17-19-34(68)20-18-33)48(75)60-39(25-44(72)73)51(78)65-46(30(4)6-2)54(81)63-41(28-67)55(82)83/h7-20,29-30,35-41,45-46,66-68H,5-6,21-28,56H2,1-4H3,(H,57,69)(H,58,76)(H,59,79)(H,60,75)(H,61,80)(H,62,74)(H,63,81)(H,64,77)(H,65,78)(H,70,71)(H,72,73)(H,82,83)/t29-,30-,35-,36-,37-,38-,39-,40-,41-,45-,46-/m0/s1. The predicted octanol–water partition coefficient (Wildman–Crippen LogP) is -3.15. The highest BCUT2D eigenvalue weighted by Crippen LogP contribution is 2.16. The number of carboxylic acids is 3. The van der Waals surface area contributed by atoms with Crippen LogP contribution in [0.4, 0.5) is 0 Å². The van der Waals surface area contributed by atoms with E-state index in [1.807, 2.05) is 0 Å². The topological polar surface area (TPSA) is 461 Å². The minimum atomic E-state index is -2.02. The van der Waals surface area contributed by atoms with Gasteiger partial charge in [0.25, 0.3) is 0 Å². The number of aliphatic hydroxyl groups is 2. The van der Waals surface area contributed by atoms with Gasteiger partial charge in [-0.2, -0.15) is 0 Å². The number of phenols is 1. The molecule has 0 unspecified atom stereocenters. The van der Waals surface area contributed by atoms with Crippen molar-refractivity contribution < 1.29 is 88.2 Å². The first kappa shape index (κ1) is 68.3. The lowest BCUT2D eigenvalue weighted by atomic mass is 9.96. The van der Waals surface area contributed by atoms with E-state index in [2.05, 4.69) is 47.9 Å². The first-order chi connectivity index (χ1) is 39.3. The Morgan fingerprint density at radius 2 is 0.723 bits per heavy atom. The molecule has 0 aliphatic carbocycles. The number of carbonyl (C=O) groups excluding carboxylic acids is 9. The van der Waals surface area contributed by atoms with Gasteiger partial charge in [-0.25, -0.2) is 4.79 Å². The highest BCUT2D eigenvalue weighted by atomic mass is 16.4. The van der Waals surface area contributed by atoms with Crippen LogP contribution in [0.3, 0.4) is 0 Å². The minimum Gasteiger partial charge on any atom is -0.508 e. The normalized spacial score (nSPS) is 14.9. The molecule has 83 heavy (non-hydrogen) atoms. The summed E-state index contributed by atoms with van der Waals surface area (Å²) in [5.41, 5.74) is 6.86. The van der Waals surface area contributed by atoms with Crippen LogP contribution in [0.2, 0.25) is 0 Å². The van der Waals surface area contributed by atoms with Crippen molar-refractivity contribution in [2.75, 3.05) is 19.8 Å². The average molecular weight is 1160 g/mol. The van der Waals surface area contributed by atoms with Crippen LogP contribution in [0.15, 0.2) is 84.9 Å². The molecule has 0 fully saturated rings. The van der Waals surface area contributed by atoms with Crippen LogP contribution in [-0.2, 0) is 76.8 Å². The van der Waals surface area contributed by atoms with Crippen LogP contribution >= 0.6 is 0 Å². The molecule has 28 nitrogen and oxygen atoms in total. The van der Waals surface area contributed by atoms with Crippen LogP contribution in [0.1, 0.15) is 70.1 Å². The van der Waals surface area contributed by atoms with Crippen molar-refractivity contribution >= 4 is 71.1 Å². The van der Waals surface area contributed by atoms with Gasteiger partial charge in [-0.1, -0.05) is 113 Å². The smallest absolute Gasteiger partial charge is 0.328 e. The van der Waals surface area contributed by atoms with E-state index in [9.17, 15) is 88.2 Å². The number of carbonyl (C=O) groups is 12. The van der Waals surface area contributed by atoms with Gasteiger partial charge in [0.1, 0.15) is 60.1 Å². The van der Waals surface area contributed by atoms with E-state index in [4.69, 9.17) is 5.73 Å². The molecule has 3 aromatic carbocycles. The van der Waals surface area contributed by atoms with Crippen LogP contribution in [0.5, 0.6) is 5.75 Å². The molecule has 452 valence electrons. The van der Waals surface area contributed by atoms with Gasteiger partial charge >= 0.3 is 17.9 Å². The average Bonchev–Trinajstić information content (AvgIpc) is 3.51. The van der Waals surface area contributed by atoms with E-state index in [1.165, 1.54) is 38.1 Å². The highest BCUT2D eigenvalue weighted by molar-refractivity contribution is 6.00. The second-order valence-electron chi connectivity index (χ2n) is 19.6. The lowest BCUT2D eigenvalue weighted by Crippen LogP contribution is -2.62. The number of rotatable bonds is 35. The fraction of sp³-hybridized carbons (Fsp3) is 0.455. The third-order valence-electron chi connectivity index (χ3n) is 13.3. The van der Waals surface area contributed by atoms with Gasteiger partial charge in [-0.15, -0.1) is 0 Å². The summed E-state index contributed by atoms with van der Waals surface area (Å²) in [6.07, 6.45) is -2.57. The van der Waals surface area contributed by atoms with Gasteiger partial charge in [0.15, 0.2) is 0 Å². The monoisotopic (exact) mass is 1160 g/mol. The molecular weight excluding hydrogens is 1090 g/mol. The SMILES string of the molecule is CC[C@H](C)[C@H](NC(=O)[C@H](CC(=O)O)NC(=O)[C@H](Cc1ccc(O)cc1)NC(=O)[C@H](CC(=O)O)NC(=O)[C@@H](NC(=O)[C@H](Cc1ccccc1)NC(=O)[C@H](CO)NC(=O)[C@H](Cc1ccccc1)NC(=O)CN)[C@@H](C)CC)C(=O)N[C@@H](CO)C(=O)O. The number of benzene rings is 3. The summed E-state index contributed by atoms with van der Waals surface area (Å²) in [4.78, 5) is 160. The van der Waals surface area contributed by atoms with Crippen LogP contribution in [0, 0.1) is 11.8 Å². The first-order valence-corrected chi connectivity index (χ1v) is 26.5. The van der Waals surface area contributed by atoms with E-state index in [-0.39, 0.29) is 37.0 Å². The van der Waals surface area contributed by atoms with Gasteiger partial charge in [-0.3, -0.25) is 52.7 Å². The zero-order valence-electron chi connectivity index (χ0n) is 46.2. The Morgan fingerprint density at radius 3 is 1.10 bits per heavy atom. The Labute approximate surface area is 477 Å². The molecule has 3 rings (SSSR count). The Bertz CT molecular complexity index is 2720. The fourth-order valence-electron chi connectivity index (χ4n) is 8.12. The van der Waals surface area contributed by atoms with E-state index >= 15 is 0 Å². The third kappa shape index (κ3) is 22.8. The molecule has 28 heteroatoms. The number of aliphatic hydroxyl groups excluding tert-OH is 2. The number of hydrogen-bond donors (Lipinski definition) is 16. The molecule has 0 saturated heterocycles. The van der Waals surface area contributed by atoms with E-state index in [0.717, 1.165) is 0 Å². The summed E-state index contributed by atoms with van der Waals surface area (Å²) in [6.45, 7) is 3.84. The fourth-order valence-corrected chi connectivity index (χ4v) is 8.12. The summed E-state index contributed by atoms with van der Waals surface area (Å²) in [6, 6.07) is 6.71. The molecule has 11 atom stereocenters. The van der Waals surface area contributed by atoms with Gasteiger partial charge in [0, 0.05) is 19.3 Å². The first-order valence-electron chi connectivity index (χ1n) is 26.5. The third-order valence-corrected chi connectivity index (χ3v) is 13.3. The zero-order valence-corrected chi connectivity index (χ0v) is 46.2. The Hall–Kier alpha value is -9.02. The van der Waals surface area contributed by atoms with Crippen molar-refractivity contribution in [3.05, 3.63) is 102 Å². The van der Waals surface area contributed by atoms with Gasteiger partial charge in [0.2, 0.25) is 53.2 Å². The quantitative estimate of drug-likeness (QED) is 0.0277. The van der Waals surface area contributed by atoms with Crippen molar-refractivity contribution in [1.29, 1.82) is 0 Å². The Balaban J connectivity index is 1.96. The van der Waals surface area contributed by atoms with Gasteiger partial charge < -0.3 is 84.2 Å². The zero-order chi connectivity index (χ0) is 61.9. The van der Waals surface area contributed by atoms with E-state index in [1.54, 1.807) is 74.5 Å². The van der Waals surface area contributed by atoms with Crippen molar-refractivity contribution in [2.45, 2.75) is 127 Å². The number of nitrogens with one attached hydrogen (secondary N) is 9. The molecule has 3 aromatic rings. The maximum atomic E-state index is 14.4. The summed E-state index contributed by atoms with van der Waals surface area (Å²) in [5, 5.41) is 80.2. The largest absolute Gasteiger partial charge is 0.508 e. The molecule has 0 heterocycles. The number of aromatic hydroxyl groups is 1. The van der Waals surface area contributed by atoms with Gasteiger partial charge in [-0.05, 0) is 40.7 Å². The molecule has 0 spiro atoms. The van der Waals surface area contributed by atoms with Crippen LogP contribution in [-0.4, -0.2) is 176 Å². The second-order valence-corrected chi connectivity index (χ2v) is 19.6. The Morgan fingerprint density at radius 1 is 0.410 bits per heavy atom. The van der Waals surface area contributed by atoms with Crippen molar-refractivity contribution in [1.82, 2.24) is 47.9 Å². The maximum Gasteiger partial charge on any atom is 0.328 e. The second kappa shape index (κ2) is 34.3. The number of hydrogen-bond acceptors (Lipinski definition) is 16. The number of aliphatic carboxylic acids is 3. The van der Waals surface area contributed by atoms with E-state index < -0.39 is 176 Å². The molecule has 0 aliphatic heterocycles. The summed E-state index contributed by atoms with van der Waals surface area (Å²) >= 11 is 0. The molecule has 0 radical (unpaired) electrons. The van der Waals surface area contributed by atoms with Crippen molar-refractivity contribution in [3.8, 4) is 5.75 Å². The summed E-state index contributed by atoms with van der Waals surface area (Å²) < 4.78 is 0. The maximum absolute atomic E-state index is 14.4. The molecular formula is C55H74N10O18. The van der Waals surface area contributed by atoms with E-state index in [0.29, 0.717) is 11.1 Å². The van der Waals surface area contributed by atoms with Gasteiger partial charge in [0.05, 0.1) is 32.6 Å². The molecule has 0 aromatic heterocycles. The number of nitrogens with two attached hydrogens (primary N) is 1. The van der Waals surface area contributed by atoms with Crippen molar-refractivity contribution in [2.24, 2.45) is 17.6 Å². The summed E-state index contributed by atoms with van der Waals surface area (Å²) in [5.74, 6) is -16.2. The lowest BCUT2D eigenvalue weighted by Gasteiger charge is -2.29. The highest BCUT2D eigenvalue weighted by Gasteiger charge is 2.38. The number of amides is 9.